The maximum absolute atomic E-state index is 16.1. The van der Waals surface area contributed by atoms with E-state index in [1.54, 1.807) is 29.2 Å². The lowest BCUT2D eigenvalue weighted by atomic mass is 9.82. The number of carbonyl (C=O) groups is 4. The van der Waals surface area contributed by atoms with E-state index in [-0.39, 0.29) is 17.3 Å². The van der Waals surface area contributed by atoms with Gasteiger partial charge in [0.2, 0.25) is 5.91 Å². The fraction of sp³-hybridized carbons (Fsp3) is 0.509. The molecular weight excluding hydrogens is 1060 g/mol. The minimum Gasteiger partial charge on any atom is -0.465 e. The van der Waals surface area contributed by atoms with Crippen molar-refractivity contribution in [2.45, 2.75) is 121 Å². The number of methoxy groups -OCH3 is 1. The van der Waals surface area contributed by atoms with E-state index in [0.717, 1.165) is 70.6 Å². The Bertz CT molecular complexity index is 2900. The van der Waals surface area contributed by atoms with Gasteiger partial charge in [0.05, 0.1) is 61.1 Å². The molecule has 4 saturated heterocycles. The topological polar surface area (TPSA) is 216 Å². The number of hydrogen-bond acceptors (Lipinski definition) is 12. The number of anilines is 1. The average molecular weight is 1120 g/mol. The van der Waals surface area contributed by atoms with Gasteiger partial charge in [-0.2, -0.15) is 31.4 Å². The van der Waals surface area contributed by atoms with Crippen LogP contribution in [0.3, 0.4) is 0 Å². The van der Waals surface area contributed by atoms with Crippen LogP contribution in [0.5, 0.6) is 0 Å². The van der Waals surface area contributed by atoms with Crippen molar-refractivity contribution in [2.75, 3.05) is 44.9 Å². The van der Waals surface area contributed by atoms with Crippen molar-refractivity contribution in [1.29, 1.82) is 0 Å². The van der Waals surface area contributed by atoms with Gasteiger partial charge in [0.1, 0.15) is 29.5 Å². The Morgan fingerprint density at radius 1 is 0.810 bits per heavy atom. The molecule has 4 aromatic rings. The van der Waals surface area contributed by atoms with Crippen molar-refractivity contribution in [3.8, 4) is 23.1 Å². The van der Waals surface area contributed by atoms with E-state index in [2.05, 4.69) is 41.8 Å². The fourth-order valence-electron chi connectivity index (χ4n) is 9.76. The highest BCUT2D eigenvalue weighted by atomic mass is 19.4. The molecule has 4 amide bonds. The zero-order chi connectivity index (χ0) is 57.4. The molecule has 6 heterocycles. The third-order valence-electron chi connectivity index (χ3n) is 15.1. The number of aliphatic hydroxyl groups is 1. The molecule has 6 atom stereocenters. The largest absolute Gasteiger partial charge is 0.465 e. The van der Waals surface area contributed by atoms with Gasteiger partial charge in [-0.05, 0) is 101 Å². The Labute approximate surface area is 449 Å². The van der Waals surface area contributed by atoms with E-state index >= 15 is 8.78 Å². The van der Waals surface area contributed by atoms with Crippen LogP contribution in [0.15, 0.2) is 67.0 Å². The number of rotatable bonds is 19. The van der Waals surface area contributed by atoms with E-state index in [9.17, 15) is 55.7 Å². The lowest BCUT2D eigenvalue weighted by molar-refractivity contribution is -0.221. The third kappa shape index (κ3) is 13.2. The van der Waals surface area contributed by atoms with Gasteiger partial charge in [0.25, 0.3) is 5.91 Å². The lowest BCUT2D eigenvalue weighted by Crippen LogP contribution is -2.74. The summed E-state index contributed by atoms with van der Waals surface area (Å²) < 4.78 is 131. The molecule has 4 aliphatic heterocycles. The molecule has 5 fully saturated rings. The summed E-state index contributed by atoms with van der Waals surface area (Å²) in [5.74, 6) is 1.19. The molecule has 0 radical (unpaired) electrons. The number of carbonyl (C=O) groups excluding carboxylic acids is 3. The Hall–Kier alpha value is -7.08. The molecular formula is C53H60F8N10O8. The lowest BCUT2D eigenvalue weighted by Gasteiger charge is -2.60. The summed E-state index contributed by atoms with van der Waals surface area (Å²) in [4.78, 5) is 61.6. The van der Waals surface area contributed by atoms with Gasteiger partial charge in [0.15, 0.2) is 0 Å². The summed E-state index contributed by atoms with van der Waals surface area (Å²) >= 11 is 0. The summed E-state index contributed by atoms with van der Waals surface area (Å²) in [6.45, 7) is 3.38. The number of ether oxygens (including phenoxy) is 2. The number of fused-ring (bicyclic) bond motifs is 2. The maximum atomic E-state index is 16.1. The zero-order valence-corrected chi connectivity index (χ0v) is 43.6. The molecule has 26 heteroatoms. The van der Waals surface area contributed by atoms with Crippen LogP contribution in [0.2, 0.25) is 0 Å². The maximum Gasteiger partial charge on any atom is 0.407 e. The van der Waals surface area contributed by atoms with E-state index in [4.69, 9.17) is 4.74 Å². The molecule has 0 spiro atoms. The average Bonchev–Trinajstić information content (AvgIpc) is 4.14. The second-order valence-electron chi connectivity index (χ2n) is 21.4. The van der Waals surface area contributed by atoms with Gasteiger partial charge < -0.3 is 40.5 Å². The van der Waals surface area contributed by atoms with Gasteiger partial charge in [-0.15, -0.1) is 0 Å². The molecule has 2 unspecified atom stereocenters. The number of benzene rings is 2. The molecule has 79 heavy (non-hydrogen) atoms. The van der Waals surface area contributed by atoms with Crippen molar-refractivity contribution < 1.29 is 74.0 Å². The molecule has 2 bridgehead atoms. The van der Waals surface area contributed by atoms with Crippen LogP contribution in [-0.2, 0) is 32.0 Å². The molecule has 2 aromatic heterocycles. The van der Waals surface area contributed by atoms with E-state index < -0.39 is 108 Å². The van der Waals surface area contributed by atoms with Crippen molar-refractivity contribution >= 4 is 29.8 Å². The number of piperazine rings is 1. The number of alkyl halides is 6. The highest BCUT2D eigenvalue weighted by Gasteiger charge is 2.57. The minimum atomic E-state index is -5.23. The number of carboxylic acid groups (broad SMARTS) is 1. The first-order valence-corrected chi connectivity index (χ1v) is 25.3. The monoisotopic (exact) mass is 1120 g/mol. The van der Waals surface area contributed by atoms with Crippen LogP contribution in [0, 0.1) is 34.3 Å². The van der Waals surface area contributed by atoms with Gasteiger partial charge in [-0.3, -0.25) is 24.6 Å². The zero-order valence-electron chi connectivity index (χ0n) is 43.6. The Balaban J connectivity index is 1.06. The first-order chi connectivity index (χ1) is 37.1. The molecule has 6 N–H and O–H groups in total. The van der Waals surface area contributed by atoms with E-state index in [0.29, 0.717) is 67.5 Å². The number of halogens is 8. The van der Waals surface area contributed by atoms with Crippen molar-refractivity contribution in [3.05, 3.63) is 101 Å². The van der Waals surface area contributed by atoms with Gasteiger partial charge in [-0.1, -0.05) is 24.0 Å². The van der Waals surface area contributed by atoms with Crippen LogP contribution < -0.4 is 26.3 Å². The first kappa shape index (κ1) is 58.1. The van der Waals surface area contributed by atoms with Crippen LogP contribution >= 0.6 is 0 Å². The quantitative estimate of drug-likeness (QED) is 0.0357. The molecule has 9 rings (SSSR count). The number of aliphatic hydroxyl groups excluding tert-OH is 1. The second kappa shape index (κ2) is 22.9. The second-order valence-corrected chi connectivity index (χ2v) is 21.4. The summed E-state index contributed by atoms with van der Waals surface area (Å²) in [6.07, 6.45) is -10.3. The normalized spacial score (nSPS) is 19.4. The molecule has 5 aliphatic rings. The molecule has 18 nitrogen and oxygen atoms in total. The summed E-state index contributed by atoms with van der Waals surface area (Å²) in [6, 6.07) is 7.95. The number of nitrogens with one attached hydrogen (secondary N) is 4. The van der Waals surface area contributed by atoms with Crippen molar-refractivity contribution in [2.24, 2.45) is 10.8 Å². The highest BCUT2D eigenvalue weighted by molar-refractivity contribution is 5.87. The van der Waals surface area contributed by atoms with Crippen LogP contribution in [0.1, 0.15) is 75.3 Å². The van der Waals surface area contributed by atoms with Gasteiger partial charge >= 0.3 is 24.5 Å². The molecule has 426 valence electrons. The predicted octanol–water partition coefficient (Wildman–Crippen LogP) is 6.08. The van der Waals surface area contributed by atoms with Gasteiger partial charge in [-0.25, -0.2) is 28.4 Å². The number of piperidine rings is 1. The standard InChI is InChI=1S/C53H60F8N10O8/c1-50(2,52(56,57)58)44(65-49(77)78-5)46(73)63-41(18-30-9-6-29(7-10-30)8-11-31-12-15-43(62-22-31)68-23-34-21-35(24-68)71(34)36-27-79-28-36)42(72)26-69(67-47(74)45(64-48(75)76)51(3,4)53(59,60)61)25-37-38(54)19-32(20-39(37)55)40-16-17-70(66-40)33-13-14-33/h6-7,9-10,12,15-17,19-20,22,33-36,41-42,44-45,64,72H,13-14,18,21,23-28H2,1-5H3,(H,63,73)(H,65,77)(H,67,74)(H,75,76)/t34?,35?,41-,42-,44+,45+/m0/s1. The summed E-state index contributed by atoms with van der Waals surface area (Å²) in [7, 11) is 0.840. The highest BCUT2D eigenvalue weighted by Crippen LogP contribution is 2.43. The number of aromatic nitrogens is 3. The Morgan fingerprint density at radius 2 is 1.41 bits per heavy atom. The van der Waals surface area contributed by atoms with Crippen molar-refractivity contribution in [1.82, 2.24) is 46.0 Å². The molecule has 1 saturated carbocycles. The number of hydrogen-bond donors (Lipinski definition) is 6. The first-order valence-electron chi connectivity index (χ1n) is 25.3. The third-order valence-corrected chi connectivity index (χ3v) is 15.1. The smallest absolute Gasteiger partial charge is 0.407 e. The number of hydrazine groups is 1. The minimum absolute atomic E-state index is 0.00885. The molecule has 2 aromatic carbocycles. The van der Waals surface area contributed by atoms with Crippen LogP contribution in [-0.4, -0.2) is 154 Å². The van der Waals surface area contributed by atoms with Crippen LogP contribution in [0.4, 0.5) is 50.5 Å². The number of alkyl carbamates (subject to hydrolysis) is 1. The Morgan fingerprint density at radius 3 is 1.94 bits per heavy atom. The predicted molar refractivity (Wildman–Crippen MR) is 268 cm³/mol. The van der Waals surface area contributed by atoms with E-state index in [1.165, 1.54) is 23.5 Å². The Kier molecular flexibility index (Phi) is 16.9. The van der Waals surface area contributed by atoms with E-state index in [1.807, 2.05) is 22.9 Å². The summed E-state index contributed by atoms with van der Waals surface area (Å²) in [5, 5.41) is 32.3. The summed E-state index contributed by atoms with van der Waals surface area (Å²) in [5.41, 5.74) is -3.33. The molecule has 1 aliphatic carbocycles. The van der Waals surface area contributed by atoms with Crippen molar-refractivity contribution in [3.63, 3.8) is 0 Å². The number of amides is 4. The van der Waals surface area contributed by atoms with Crippen LogP contribution in [0.25, 0.3) is 11.3 Å². The van der Waals surface area contributed by atoms with Gasteiger partial charge in [0, 0.05) is 72.9 Å². The fourth-order valence-corrected chi connectivity index (χ4v) is 9.76. The number of nitrogens with zero attached hydrogens (tertiary/aromatic N) is 6. The number of pyridine rings is 1. The SMILES string of the molecule is COC(=O)N[C@H](C(=O)N[C@@H](Cc1ccc(C#Cc2ccc(N3CC4CC(C3)N4C3COC3)nc2)cc1)[C@@H](O)CN(Cc1c(F)cc(-c2ccn(C3CC3)n2)cc1F)NC(=O)[C@@H](NC(=O)O)C(C)(C)C(F)(F)F)C(C)(C)C(F)(F)F.